The van der Waals surface area contributed by atoms with Gasteiger partial charge in [0.15, 0.2) is 0 Å². The van der Waals surface area contributed by atoms with E-state index in [1.54, 1.807) is 0 Å². The molecule has 10 heteroatoms. The summed E-state index contributed by atoms with van der Waals surface area (Å²) in [6.45, 7) is 7.99. The Morgan fingerprint density at radius 2 is 1.88 bits per heavy atom. The van der Waals surface area contributed by atoms with Crippen molar-refractivity contribution in [3.8, 4) is 11.1 Å². The van der Waals surface area contributed by atoms with Crippen LogP contribution in [0.2, 0.25) is 0 Å². The maximum absolute atomic E-state index is 13.7. The average Bonchev–Trinajstić information content (AvgIpc) is 3.41. The van der Waals surface area contributed by atoms with Gasteiger partial charge in [-0.1, -0.05) is 67.1 Å². The highest BCUT2D eigenvalue weighted by atomic mass is 79.9. The lowest BCUT2D eigenvalue weighted by Crippen LogP contribution is -2.33. The van der Waals surface area contributed by atoms with E-state index in [1.165, 1.54) is 33.6 Å². The minimum absolute atomic E-state index is 0.212. The molecule has 4 aromatic rings. The lowest BCUT2D eigenvalue weighted by Gasteiger charge is -2.16. The monoisotopic (exact) mass is 545 g/mol. The molecule has 0 saturated carbocycles. The van der Waals surface area contributed by atoms with Gasteiger partial charge in [0.05, 0.1) is 11.7 Å². The maximum atomic E-state index is 13.7. The third-order valence-corrected chi connectivity index (χ3v) is 8.26. The van der Waals surface area contributed by atoms with E-state index in [9.17, 15) is 9.59 Å². The number of hydrogen-bond donors (Lipinski definition) is 1. The number of halogens is 1. The Hall–Kier alpha value is -2.43. The zero-order chi connectivity index (χ0) is 23.7. The Labute approximate surface area is 208 Å². The molecule has 0 spiro atoms. The fraction of sp³-hybridized carbons (Fsp3) is 0.348. The van der Waals surface area contributed by atoms with Gasteiger partial charge in [-0.15, -0.1) is 21.5 Å². The zero-order valence-electron chi connectivity index (χ0n) is 18.8. The van der Waals surface area contributed by atoms with Crippen molar-refractivity contribution in [2.75, 3.05) is 5.32 Å². The van der Waals surface area contributed by atoms with E-state index < -0.39 is 6.04 Å². The second kappa shape index (κ2) is 9.82. The predicted octanol–water partition coefficient (Wildman–Crippen LogP) is 6.01. The molecule has 7 nitrogen and oxygen atoms in total. The van der Waals surface area contributed by atoms with Crippen molar-refractivity contribution in [3.05, 3.63) is 55.3 Å². The van der Waals surface area contributed by atoms with Gasteiger partial charge >= 0.3 is 0 Å². The Morgan fingerprint density at radius 1 is 1.15 bits per heavy atom. The van der Waals surface area contributed by atoms with Gasteiger partial charge in [0.25, 0.3) is 5.56 Å². The molecule has 1 amide bonds. The van der Waals surface area contributed by atoms with Gasteiger partial charge in [0.1, 0.15) is 15.9 Å². The third kappa shape index (κ3) is 4.64. The molecule has 0 aliphatic carbocycles. The van der Waals surface area contributed by atoms with Crippen LogP contribution in [-0.2, 0) is 11.2 Å². The summed E-state index contributed by atoms with van der Waals surface area (Å²) in [6, 6.07) is 7.20. The lowest BCUT2D eigenvalue weighted by atomic mass is 10.0. The molecular formula is C23H24BrN5O2S2. The van der Waals surface area contributed by atoms with Gasteiger partial charge in [-0.05, 0) is 30.5 Å². The van der Waals surface area contributed by atoms with E-state index in [0.29, 0.717) is 21.8 Å². The number of thiophene rings is 1. The van der Waals surface area contributed by atoms with Crippen molar-refractivity contribution in [2.24, 2.45) is 0 Å². The second-order valence-corrected chi connectivity index (χ2v) is 10.9. The molecule has 0 bridgehead atoms. The molecular weight excluding hydrogens is 522 g/mol. The number of rotatable bonds is 7. The topological polar surface area (TPSA) is 89.8 Å². The molecule has 172 valence electrons. The van der Waals surface area contributed by atoms with Crippen LogP contribution in [0.25, 0.3) is 21.3 Å². The molecule has 1 atom stereocenters. The third-order valence-electron chi connectivity index (χ3n) is 5.35. The lowest BCUT2D eigenvalue weighted by molar-refractivity contribution is -0.119. The number of nitrogens with one attached hydrogen (secondary N) is 1. The Morgan fingerprint density at radius 3 is 2.48 bits per heavy atom. The first kappa shape index (κ1) is 23.7. The SMILES string of the molecule is CCc1sc2ncn(C(CC)C(=O)Nc3nnc(C(C)C)s3)c(=O)c2c1-c1ccc(Br)cc1. The summed E-state index contributed by atoms with van der Waals surface area (Å²) in [7, 11) is 0. The number of carbonyl (C=O) groups excluding carboxylic acids is 1. The molecule has 0 fully saturated rings. The number of fused-ring (bicyclic) bond motifs is 1. The summed E-state index contributed by atoms with van der Waals surface area (Å²) >= 11 is 6.35. The molecule has 0 radical (unpaired) electrons. The van der Waals surface area contributed by atoms with Crippen LogP contribution in [0.5, 0.6) is 0 Å². The summed E-state index contributed by atoms with van der Waals surface area (Å²) in [5, 5.41) is 12.9. The number of carbonyl (C=O) groups is 1. The van der Waals surface area contributed by atoms with Crippen molar-refractivity contribution in [2.45, 2.75) is 52.5 Å². The smallest absolute Gasteiger partial charge is 0.263 e. The number of aryl methyl sites for hydroxylation is 1. The summed E-state index contributed by atoms with van der Waals surface area (Å²) in [6.07, 6.45) is 2.71. The standard InChI is InChI=1S/C23H24BrN5O2S2/c1-5-15(19(30)26-23-28-27-20(33-23)12(3)4)29-11-25-21-18(22(29)31)17(16(6-2)32-21)13-7-9-14(24)10-8-13/h7-12,15H,5-6H2,1-4H3,(H,26,28,30). The minimum atomic E-state index is -0.705. The number of benzene rings is 1. The Kier molecular flexibility index (Phi) is 7.06. The number of amides is 1. The van der Waals surface area contributed by atoms with Gasteiger partial charge < -0.3 is 0 Å². The van der Waals surface area contributed by atoms with E-state index in [0.717, 1.165) is 31.9 Å². The summed E-state index contributed by atoms with van der Waals surface area (Å²) in [5.41, 5.74) is 1.65. The van der Waals surface area contributed by atoms with Gasteiger partial charge in [0, 0.05) is 20.8 Å². The highest BCUT2D eigenvalue weighted by Crippen LogP contribution is 2.37. The van der Waals surface area contributed by atoms with Crippen molar-refractivity contribution in [1.82, 2.24) is 19.7 Å². The van der Waals surface area contributed by atoms with Crippen molar-refractivity contribution in [1.29, 1.82) is 0 Å². The summed E-state index contributed by atoms with van der Waals surface area (Å²) < 4.78 is 2.41. The van der Waals surface area contributed by atoms with E-state index >= 15 is 0 Å². The Bertz CT molecular complexity index is 1360. The van der Waals surface area contributed by atoms with Crippen LogP contribution < -0.4 is 10.9 Å². The van der Waals surface area contributed by atoms with E-state index in [1.807, 2.05) is 45.0 Å². The van der Waals surface area contributed by atoms with Gasteiger partial charge in [-0.25, -0.2) is 4.98 Å². The zero-order valence-corrected chi connectivity index (χ0v) is 22.0. The first-order valence-electron chi connectivity index (χ1n) is 10.8. The first-order valence-corrected chi connectivity index (χ1v) is 13.2. The average molecular weight is 547 g/mol. The van der Waals surface area contributed by atoms with Crippen molar-refractivity contribution < 1.29 is 4.79 Å². The first-order chi connectivity index (χ1) is 15.8. The molecule has 1 unspecified atom stereocenters. The molecule has 0 saturated heterocycles. The molecule has 1 aromatic carbocycles. The number of hydrogen-bond acceptors (Lipinski definition) is 7. The molecule has 0 aliphatic rings. The molecule has 1 N–H and O–H groups in total. The van der Waals surface area contributed by atoms with Gasteiger partial charge in [-0.2, -0.15) is 0 Å². The molecule has 3 heterocycles. The molecule has 4 rings (SSSR count). The van der Waals surface area contributed by atoms with Crippen LogP contribution in [0.1, 0.15) is 56.0 Å². The van der Waals surface area contributed by atoms with Crippen LogP contribution in [0.15, 0.2) is 39.9 Å². The van der Waals surface area contributed by atoms with Crippen molar-refractivity contribution >= 4 is 59.9 Å². The van der Waals surface area contributed by atoms with E-state index in [-0.39, 0.29) is 17.4 Å². The van der Waals surface area contributed by atoms with Crippen LogP contribution in [0, 0.1) is 0 Å². The highest BCUT2D eigenvalue weighted by molar-refractivity contribution is 9.10. The van der Waals surface area contributed by atoms with Crippen LogP contribution >= 0.6 is 38.6 Å². The molecule has 3 aromatic heterocycles. The van der Waals surface area contributed by atoms with Crippen LogP contribution in [-0.4, -0.2) is 25.7 Å². The summed E-state index contributed by atoms with van der Waals surface area (Å²) in [4.78, 5) is 33.1. The van der Waals surface area contributed by atoms with Crippen molar-refractivity contribution in [3.63, 3.8) is 0 Å². The number of aromatic nitrogens is 4. The normalized spacial score (nSPS) is 12.4. The van der Waals surface area contributed by atoms with E-state index in [4.69, 9.17) is 0 Å². The molecule has 33 heavy (non-hydrogen) atoms. The fourth-order valence-electron chi connectivity index (χ4n) is 3.66. The molecule has 0 aliphatic heterocycles. The number of nitrogens with zero attached hydrogens (tertiary/aromatic N) is 4. The predicted molar refractivity (Wildman–Crippen MR) is 138 cm³/mol. The fourth-order valence-corrected chi connectivity index (χ4v) is 5.76. The summed E-state index contributed by atoms with van der Waals surface area (Å²) in [5.74, 6) is -0.0731. The maximum Gasteiger partial charge on any atom is 0.263 e. The van der Waals surface area contributed by atoms with E-state index in [2.05, 4.69) is 43.4 Å². The quantitative estimate of drug-likeness (QED) is 0.307. The second-order valence-electron chi connectivity index (χ2n) is 7.91. The number of anilines is 1. The van der Waals surface area contributed by atoms with Crippen LogP contribution in [0.4, 0.5) is 5.13 Å². The van der Waals surface area contributed by atoms with Crippen LogP contribution in [0.3, 0.4) is 0 Å². The van der Waals surface area contributed by atoms with Gasteiger partial charge in [0.2, 0.25) is 11.0 Å². The van der Waals surface area contributed by atoms with Gasteiger partial charge in [-0.3, -0.25) is 19.5 Å². The minimum Gasteiger partial charge on any atom is -0.299 e. The largest absolute Gasteiger partial charge is 0.299 e. The highest BCUT2D eigenvalue weighted by Gasteiger charge is 2.25. The Balaban J connectivity index is 1.77.